The van der Waals surface area contributed by atoms with Gasteiger partial charge in [0.2, 0.25) is 0 Å². The normalized spacial score (nSPS) is 10.4. The minimum atomic E-state index is -0.248. The number of thiophene rings is 1. The Bertz CT molecular complexity index is 725. The molecule has 0 saturated carbocycles. The molecule has 112 valence electrons. The first-order valence-electron chi connectivity index (χ1n) is 6.65. The molecule has 3 aromatic rings. The predicted molar refractivity (Wildman–Crippen MR) is 82.5 cm³/mol. The van der Waals surface area contributed by atoms with Crippen molar-refractivity contribution in [3.05, 3.63) is 58.8 Å². The summed E-state index contributed by atoms with van der Waals surface area (Å²) in [6.45, 7) is 0.780. The number of aromatic nitrogens is 4. The van der Waals surface area contributed by atoms with Crippen molar-refractivity contribution in [2.75, 3.05) is 0 Å². The van der Waals surface area contributed by atoms with E-state index < -0.39 is 0 Å². The molecule has 0 radical (unpaired) electrons. The van der Waals surface area contributed by atoms with Crippen LogP contribution < -0.4 is 10.6 Å². The van der Waals surface area contributed by atoms with E-state index in [1.54, 1.807) is 34.6 Å². The Balaban J connectivity index is 1.47. The molecule has 0 aliphatic carbocycles. The number of amides is 2. The van der Waals surface area contributed by atoms with Crippen LogP contribution in [0.2, 0.25) is 0 Å². The lowest BCUT2D eigenvalue weighted by Gasteiger charge is -2.05. The molecule has 0 bridgehead atoms. The lowest BCUT2D eigenvalue weighted by molar-refractivity contribution is 0.240. The highest BCUT2D eigenvalue weighted by atomic mass is 32.1. The number of rotatable bonds is 5. The molecule has 0 aromatic carbocycles. The van der Waals surface area contributed by atoms with Crippen LogP contribution in [0.3, 0.4) is 0 Å². The summed E-state index contributed by atoms with van der Waals surface area (Å²) in [4.78, 5) is 15.7. The van der Waals surface area contributed by atoms with Crippen molar-refractivity contribution in [1.82, 2.24) is 30.6 Å². The van der Waals surface area contributed by atoms with Crippen LogP contribution in [0.1, 0.15) is 11.3 Å². The molecule has 0 fully saturated rings. The first-order valence-corrected chi connectivity index (χ1v) is 7.60. The van der Waals surface area contributed by atoms with Crippen LogP contribution in [0.25, 0.3) is 5.69 Å². The quantitative estimate of drug-likeness (QED) is 0.751. The second kappa shape index (κ2) is 6.81. The lowest BCUT2D eigenvalue weighted by atomic mass is 10.3. The number of nitrogens with zero attached hydrogens (tertiary/aromatic N) is 4. The maximum Gasteiger partial charge on any atom is 0.315 e. The Hall–Kier alpha value is -2.74. The third-order valence-corrected chi connectivity index (χ3v) is 3.61. The maximum atomic E-state index is 11.7. The Kier molecular flexibility index (Phi) is 4.40. The molecule has 0 unspecified atom stereocenters. The SMILES string of the molecule is O=C(NCc1ccncc1)NCc1cn(-c2ccsc2)nn1. The Morgan fingerprint density at radius 1 is 1.18 bits per heavy atom. The largest absolute Gasteiger partial charge is 0.334 e. The third-order valence-electron chi connectivity index (χ3n) is 2.94. The maximum absolute atomic E-state index is 11.7. The first-order chi connectivity index (χ1) is 10.8. The molecule has 0 saturated heterocycles. The second-order valence-corrected chi connectivity index (χ2v) is 5.31. The topological polar surface area (TPSA) is 84.7 Å². The summed E-state index contributed by atoms with van der Waals surface area (Å²) in [5.74, 6) is 0. The molecule has 3 aromatic heterocycles. The number of urea groups is 1. The van der Waals surface area contributed by atoms with E-state index in [0.717, 1.165) is 11.3 Å². The van der Waals surface area contributed by atoms with E-state index in [2.05, 4.69) is 25.9 Å². The van der Waals surface area contributed by atoms with E-state index in [1.807, 2.05) is 29.0 Å². The van der Waals surface area contributed by atoms with Gasteiger partial charge >= 0.3 is 6.03 Å². The van der Waals surface area contributed by atoms with Crippen LogP contribution in [0.15, 0.2) is 47.5 Å². The van der Waals surface area contributed by atoms with Crippen molar-refractivity contribution in [2.45, 2.75) is 13.1 Å². The minimum absolute atomic E-state index is 0.248. The van der Waals surface area contributed by atoms with Crippen LogP contribution in [-0.4, -0.2) is 26.0 Å². The monoisotopic (exact) mass is 314 g/mol. The summed E-state index contributed by atoms with van der Waals surface area (Å²) >= 11 is 1.59. The number of carbonyl (C=O) groups is 1. The summed E-state index contributed by atoms with van der Waals surface area (Å²) in [5.41, 5.74) is 2.66. The molecule has 8 heteroatoms. The Morgan fingerprint density at radius 2 is 2.00 bits per heavy atom. The van der Waals surface area contributed by atoms with Crippen molar-refractivity contribution < 1.29 is 4.79 Å². The van der Waals surface area contributed by atoms with Gasteiger partial charge in [-0.2, -0.15) is 11.3 Å². The highest BCUT2D eigenvalue weighted by Gasteiger charge is 2.05. The number of hydrogen-bond donors (Lipinski definition) is 2. The average molecular weight is 314 g/mol. The van der Waals surface area contributed by atoms with Gasteiger partial charge in [0.15, 0.2) is 0 Å². The molecule has 3 rings (SSSR count). The minimum Gasteiger partial charge on any atom is -0.334 e. The summed E-state index contributed by atoms with van der Waals surface area (Å²) in [7, 11) is 0. The molecular formula is C14H14N6OS. The van der Waals surface area contributed by atoms with E-state index in [1.165, 1.54) is 0 Å². The van der Waals surface area contributed by atoms with E-state index >= 15 is 0 Å². The van der Waals surface area contributed by atoms with E-state index in [4.69, 9.17) is 0 Å². The number of nitrogens with one attached hydrogen (secondary N) is 2. The van der Waals surface area contributed by atoms with Gasteiger partial charge in [-0.15, -0.1) is 5.10 Å². The second-order valence-electron chi connectivity index (χ2n) is 4.53. The van der Waals surface area contributed by atoms with Crippen LogP contribution in [0.5, 0.6) is 0 Å². The highest BCUT2D eigenvalue weighted by Crippen LogP contribution is 2.10. The average Bonchev–Trinajstić information content (AvgIpc) is 3.22. The summed E-state index contributed by atoms with van der Waals surface area (Å²) in [6.07, 6.45) is 5.18. The summed E-state index contributed by atoms with van der Waals surface area (Å²) in [6, 6.07) is 5.42. The molecule has 3 heterocycles. The number of hydrogen-bond acceptors (Lipinski definition) is 5. The third kappa shape index (κ3) is 3.67. The fourth-order valence-corrected chi connectivity index (χ4v) is 2.43. The number of carbonyl (C=O) groups excluding carboxylic acids is 1. The van der Waals surface area contributed by atoms with Crippen molar-refractivity contribution in [1.29, 1.82) is 0 Å². The fraction of sp³-hybridized carbons (Fsp3) is 0.143. The van der Waals surface area contributed by atoms with Crippen molar-refractivity contribution >= 4 is 17.4 Å². The Morgan fingerprint density at radius 3 is 2.77 bits per heavy atom. The molecule has 22 heavy (non-hydrogen) atoms. The van der Waals surface area contributed by atoms with Gasteiger partial charge in [0.05, 0.1) is 18.4 Å². The van der Waals surface area contributed by atoms with E-state index in [9.17, 15) is 4.79 Å². The van der Waals surface area contributed by atoms with Crippen LogP contribution in [-0.2, 0) is 13.1 Å². The van der Waals surface area contributed by atoms with Gasteiger partial charge in [-0.05, 0) is 29.1 Å². The molecule has 0 aliphatic heterocycles. The van der Waals surface area contributed by atoms with Crippen molar-refractivity contribution in [3.63, 3.8) is 0 Å². The van der Waals surface area contributed by atoms with Crippen LogP contribution in [0.4, 0.5) is 4.79 Å². The van der Waals surface area contributed by atoms with Gasteiger partial charge in [-0.25, -0.2) is 9.48 Å². The van der Waals surface area contributed by atoms with Gasteiger partial charge in [0.25, 0.3) is 0 Å². The molecule has 0 atom stereocenters. The zero-order chi connectivity index (χ0) is 15.2. The number of pyridine rings is 1. The lowest BCUT2D eigenvalue weighted by Crippen LogP contribution is -2.34. The first kappa shape index (κ1) is 14.2. The van der Waals surface area contributed by atoms with Crippen molar-refractivity contribution in [2.24, 2.45) is 0 Å². The Labute approximate surface area is 131 Å². The summed E-state index contributed by atoms with van der Waals surface area (Å²) < 4.78 is 1.68. The molecule has 0 spiro atoms. The van der Waals surface area contributed by atoms with Gasteiger partial charge < -0.3 is 10.6 Å². The van der Waals surface area contributed by atoms with Crippen LogP contribution >= 0.6 is 11.3 Å². The molecule has 2 amide bonds. The molecule has 2 N–H and O–H groups in total. The van der Waals surface area contributed by atoms with Gasteiger partial charge in [-0.3, -0.25) is 4.98 Å². The van der Waals surface area contributed by atoms with Gasteiger partial charge in [-0.1, -0.05) is 5.21 Å². The van der Waals surface area contributed by atoms with Gasteiger partial charge in [0, 0.05) is 24.3 Å². The van der Waals surface area contributed by atoms with E-state index in [-0.39, 0.29) is 6.03 Å². The zero-order valence-corrected chi connectivity index (χ0v) is 12.5. The molecule has 7 nitrogen and oxygen atoms in total. The predicted octanol–water partition coefficient (Wildman–Crippen LogP) is 1.72. The zero-order valence-electron chi connectivity index (χ0n) is 11.6. The smallest absolute Gasteiger partial charge is 0.315 e. The summed E-state index contributed by atoms with van der Waals surface area (Å²) in [5, 5.41) is 17.5. The molecule has 0 aliphatic rings. The standard InChI is InChI=1S/C14H14N6OS/c21-14(16-7-11-1-4-15-5-2-11)17-8-12-9-20(19-18-12)13-3-6-22-10-13/h1-6,9-10H,7-8H2,(H2,16,17,21). The molecular weight excluding hydrogens is 300 g/mol. The van der Waals surface area contributed by atoms with Gasteiger partial charge in [0.1, 0.15) is 5.69 Å². The van der Waals surface area contributed by atoms with E-state index in [0.29, 0.717) is 18.8 Å². The highest BCUT2D eigenvalue weighted by molar-refractivity contribution is 7.08. The van der Waals surface area contributed by atoms with Crippen molar-refractivity contribution in [3.8, 4) is 5.69 Å². The van der Waals surface area contributed by atoms with Crippen LogP contribution in [0, 0.1) is 0 Å². The fourth-order valence-electron chi connectivity index (χ4n) is 1.81.